The Labute approximate surface area is 179 Å². The van der Waals surface area contributed by atoms with Crippen molar-refractivity contribution in [3.8, 4) is 11.3 Å². The molecule has 4 aromatic heterocycles. The second kappa shape index (κ2) is 7.52. The predicted octanol–water partition coefficient (Wildman–Crippen LogP) is 3.86. The Hall–Kier alpha value is -3.71. The molecule has 31 heavy (non-hydrogen) atoms. The molecule has 0 unspecified atom stereocenters. The van der Waals surface area contributed by atoms with Crippen molar-refractivity contribution in [3.05, 3.63) is 72.8 Å². The molecular formula is C24H22N6O. The molecule has 5 aromatic rings. The number of aromatic nitrogens is 5. The Bertz CT molecular complexity index is 1350. The minimum atomic E-state index is 0.723. The van der Waals surface area contributed by atoms with Crippen molar-refractivity contribution in [2.24, 2.45) is 0 Å². The lowest BCUT2D eigenvalue weighted by atomic mass is 10.1. The molecule has 1 aliphatic rings. The van der Waals surface area contributed by atoms with Gasteiger partial charge in [0.05, 0.1) is 36.1 Å². The van der Waals surface area contributed by atoms with E-state index in [1.165, 1.54) is 11.1 Å². The van der Waals surface area contributed by atoms with Crippen LogP contribution in [0.2, 0.25) is 0 Å². The number of ether oxygens (including phenoxy) is 1. The van der Waals surface area contributed by atoms with Crippen LogP contribution in [0.1, 0.15) is 5.56 Å². The third-order valence-electron chi connectivity index (χ3n) is 5.91. The number of morpholine rings is 1. The fraction of sp³-hybridized carbons (Fsp3) is 0.208. The normalized spacial score (nSPS) is 14.5. The van der Waals surface area contributed by atoms with E-state index in [9.17, 15) is 0 Å². The SMILES string of the molecule is c1cc(-c2cc3c(ccn3Cc3ccncc3)c(N3CCOCC3)n2)c2[nH]ncc2c1. The van der Waals surface area contributed by atoms with Crippen LogP contribution in [0.15, 0.2) is 67.3 Å². The standard InChI is InChI=1S/C24H22N6O/c1-2-18-15-26-28-23(18)19(3-1)21-14-22-20(24(27-21)29-10-12-31-13-11-29)6-9-30(22)16-17-4-7-25-8-5-17/h1-9,14-15H,10-13,16H2,(H,26,28). The molecule has 1 saturated heterocycles. The summed E-state index contributed by atoms with van der Waals surface area (Å²) < 4.78 is 7.87. The van der Waals surface area contributed by atoms with Crippen LogP contribution in [0.4, 0.5) is 5.82 Å². The Morgan fingerprint density at radius 2 is 1.90 bits per heavy atom. The lowest BCUT2D eigenvalue weighted by Gasteiger charge is -2.29. The number of fused-ring (bicyclic) bond motifs is 2. The molecule has 0 bridgehead atoms. The van der Waals surface area contributed by atoms with E-state index >= 15 is 0 Å². The molecule has 7 heteroatoms. The zero-order chi connectivity index (χ0) is 20.6. The summed E-state index contributed by atoms with van der Waals surface area (Å²) in [6.45, 7) is 3.92. The van der Waals surface area contributed by atoms with Gasteiger partial charge in [-0.25, -0.2) is 4.98 Å². The Balaban J connectivity index is 1.55. The van der Waals surface area contributed by atoms with Gasteiger partial charge in [-0.3, -0.25) is 10.1 Å². The van der Waals surface area contributed by atoms with Crippen LogP contribution >= 0.6 is 0 Å². The van der Waals surface area contributed by atoms with Crippen molar-refractivity contribution in [1.29, 1.82) is 0 Å². The third-order valence-corrected chi connectivity index (χ3v) is 5.91. The molecule has 0 spiro atoms. The summed E-state index contributed by atoms with van der Waals surface area (Å²) in [6.07, 6.45) is 7.68. The van der Waals surface area contributed by atoms with Crippen LogP contribution in [-0.4, -0.2) is 51.0 Å². The maximum Gasteiger partial charge on any atom is 0.138 e. The first-order chi connectivity index (χ1) is 15.4. The zero-order valence-corrected chi connectivity index (χ0v) is 17.0. The van der Waals surface area contributed by atoms with Gasteiger partial charge in [-0.2, -0.15) is 5.10 Å². The van der Waals surface area contributed by atoms with Gasteiger partial charge in [-0.1, -0.05) is 18.2 Å². The first kappa shape index (κ1) is 18.1. The van der Waals surface area contributed by atoms with Crippen molar-refractivity contribution in [2.45, 2.75) is 6.54 Å². The topological polar surface area (TPSA) is 71.9 Å². The van der Waals surface area contributed by atoms with Gasteiger partial charge in [0.1, 0.15) is 5.82 Å². The predicted molar refractivity (Wildman–Crippen MR) is 121 cm³/mol. The molecular weight excluding hydrogens is 388 g/mol. The van der Waals surface area contributed by atoms with Gasteiger partial charge < -0.3 is 14.2 Å². The van der Waals surface area contributed by atoms with Crippen LogP contribution in [0.5, 0.6) is 0 Å². The quantitative estimate of drug-likeness (QED) is 0.487. The van der Waals surface area contributed by atoms with Gasteiger partial charge in [0.15, 0.2) is 0 Å². The summed E-state index contributed by atoms with van der Waals surface area (Å²) in [7, 11) is 0. The van der Waals surface area contributed by atoms with Crippen molar-refractivity contribution in [2.75, 3.05) is 31.2 Å². The van der Waals surface area contributed by atoms with E-state index in [4.69, 9.17) is 9.72 Å². The van der Waals surface area contributed by atoms with Gasteiger partial charge in [-0.05, 0) is 29.8 Å². The minimum Gasteiger partial charge on any atom is -0.378 e. The molecule has 1 aliphatic heterocycles. The van der Waals surface area contributed by atoms with Gasteiger partial charge in [0, 0.05) is 54.6 Å². The van der Waals surface area contributed by atoms with Crippen LogP contribution in [0, 0.1) is 0 Å². The Morgan fingerprint density at radius 3 is 2.77 bits per heavy atom. The average Bonchev–Trinajstić information content (AvgIpc) is 3.47. The molecule has 0 radical (unpaired) electrons. The molecule has 1 fully saturated rings. The number of pyridine rings is 2. The number of hydrogen-bond donors (Lipinski definition) is 1. The third kappa shape index (κ3) is 3.23. The summed E-state index contributed by atoms with van der Waals surface area (Å²) in [5.74, 6) is 1.01. The van der Waals surface area contributed by atoms with Crippen molar-refractivity contribution in [1.82, 2.24) is 24.7 Å². The second-order valence-corrected chi connectivity index (χ2v) is 7.80. The van der Waals surface area contributed by atoms with Crippen molar-refractivity contribution in [3.63, 3.8) is 0 Å². The molecule has 1 N–H and O–H groups in total. The van der Waals surface area contributed by atoms with Crippen LogP contribution in [-0.2, 0) is 11.3 Å². The monoisotopic (exact) mass is 410 g/mol. The maximum atomic E-state index is 5.59. The first-order valence-corrected chi connectivity index (χ1v) is 10.5. The summed E-state index contributed by atoms with van der Waals surface area (Å²) in [4.78, 5) is 11.6. The van der Waals surface area contributed by atoms with Gasteiger partial charge in [0.2, 0.25) is 0 Å². The zero-order valence-electron chi connectivity index (χ0n) is 17.0. The number of benzene rings is 1. The van der Waals surface area contributed by atoms with Crippen molar-refractivity contribution >= 4 is 27.6 Å². The van der Waals surface area contributed by atoms with Gasteiger partial charge in [0.25, 0.3) is 0 Å². The molecule has 0 amide bonds. The highest BCUT2D eigenvalue weighted by Crippen LogP contribution is 2.34. The van der Waals surface area contributed by atoms with Crippen LogP contribution < -0.4 is 4.90 Å². The first-order valence-electron chi connectivity index (χ1n) is 10.5. The molecule has 5 heterocycles. The van der Waals surface area contributed by atoms with E-state index in [1.807, 2.05) is 18.6 Å². The number of para-hydroxylation sites is 1. The van der Waals surface area contributed by atoms with E-state index in [-0.39, 0.29) is 0 Å². The number of nitrogens with zero attached hydrogens (tertiary/aromatic N) is 5. The summed E-state index contributed by atoms with van der Waals surface area (Å²) in [6, 6.07) is 14.7. The second-order valence-electron chi connectivity index (χ2n) is 7.80. The fourth-order valence-electron chi connectivity index (χ4n) is 4.33. The molecule has 0 aliphatic carbocycles. The highest BCUT2D eigenvalue weighted by Gasteiger charge is 2.20. The Morgan fingerprint density at radius 1 is 1.03 bits per heavy atom. The lowest BCUT2D eigenvalue weighted by Crippen LogP contribution is -2.36. The lowest BCUT2D eigenvalue weighted by molar-refractivity contribution is 0.122. The van der Waals surface area contributed by atoms with E-state index in [2.05, 4.69) is 73.3 Å². The van der Waals surface area contributed by atoms with Gasteiger partial charge in [-0.15, -0.1) is 0 Å². The highest BCUT2D eigenvalue weighted by atomic mass is 16.5. The van der Waals surface area contributed by atoms with E-state index in [0.717, 1.165) is 66.2 Å². The summed E-state index contributed by atoms with van der Waals surface area (Å²) in [5, 5.41) is 9.63. The molecule has 0 atom stereocenters. The van der Waals surface area contributed by atoms with E-state index < -0.39 is 0 Å². The summed E-state index contributed by atoms with van der Waals surface area (Å²) >= 11 is 0. The molecule has 154 valence electrons. The number of nitrogens with one attached hydrogen (secondary N) is 1. The largest absolute Gasteiger partial charge is 0.378 e. The molecule has 1 aromatic carbocycles. The minimum absolute atomic E-state index is 0.723. The number of hydrogen-bond acceptors (Lipinski definition) is 5. The number of anilines is 1. The molecule has 0 saturated carbocycles. The van der Waals surface area contributed by atoms with Crippen LogP contribution in [0.3, 0.4) is 0 Å². The van der Waals surface area contributed by atoms with Gasteiger partial charge >= 0.3 is 0 Å². The Kier molecular flexibility index (Phi) is 4.39. The van der Waals surface area contributed by atoms with E-state index in [0.29, 0.717) is 0 Å². The maximum absolute atomic E-state index is 5.59. The summed E-state index contributed by atoms with van der Waals surface area (Å²) in [5.41, 5.74) is 5.39. The number of rotatable bonds is 4. The van der Waals surface area contributed by atoms with E-state index in [1.54, 1.807) is 0 Å². The van der Waals surface area contributed by atoms with Crippen LogP contribution in [0.25, 0.3) is 33.1 Å². The molecule has 6 rings (SSSR count). The molecule has 7 nitrogen and oxygen atoms in total. The average molecular weight is 410 g/mol. The highest BCUT2D eigenvalue weighted by molar-refractivity contribution is 5.98. The van der Waals surface area contributed by atoms with Crippen molar-refractivity contribution < 1.29 is 4.74 Å². The fourth-order valence-corrected chi connectivity index (χ4v) is 4.33. The number of aromatic amines is 1. The smallest absolute Gasteiger partial charge is 0.138 e. The number of H-pyrrole nitrogens is 1.